The molecule has 1 radical (unpaired) electrons. The molecule has 3 heterocycles. The van der Waals surface area contributed by atoms with Gasteiger partial charge in [0, 0.05) is 42.0 Å². The van der Waals surface area contributed by atoms with Crippen molar-refractivity contribution in [3.05, 3.63) is 163 Å². The molecule has 9 rings (SSSR count). The summed E-state index contributed by atoms with van der Waals surface area (Å²) < 4.78 is 33.5. The van der Waals surface area contributed by atoms with Crippen LogP contribution in [0.4, 0.5) is 0 Å². The van der Waals surface area contributed by atoms with Crippen LogP contribution in [0.5, 0.6) is 0 Å². The Morgan fingerprint density at radius 3 is 2.10 bits per heavy atom. The molecule has 0 bridgehead atoms. The number of hydrogen-bond donors (Lipinski definition) is 0. The smallest absolute Gasteiger partial charge is 0.121 e. The molecule has 0 saturated heterocycles. The minimum absolute atomic E-state index is 0. The van der Waals surface area contributed by atoms with Crippen LogP contribution in [0.3, 0.4) is 0 Å². The molecule has 307 valence electrons. The van der Waals surface area contributed by atoms with E-state index in [1.54, 1.807) is 6.20 Å². The number of hydrogen-bond acceptors (Lipinski definition) is 3. The zero-order valence-corrected chi connectivity index (χ0v) is 38.8. The monoisotopic (exact) mass is 984 g/mol. The van der Waals surface area contributed by atoms with E-state index in [0.29, 0.717) is 0 Å². The van der Waals surface area contributed by atoms with Crippen LogP contribution in [0.25, 0.3) is 66.7 Å². The van der Waals surface area contributed by atoms with E-state index in [0.717, 1.165) is 116 Å². The molecule has 60 heavy (non-hydrogen) atoms. The number of rotatable bonds is 10. The summed E-state index contributed by atoms with van der Waals surface area (Å²) in [4.78, 5) is 9.38. The number of furan rings is 1. The molecule has 1 aliphatic carbocycles. The first kappa shape index (κ1) is 39.2. The summed E-state index contributed by atoms with van der Waals surface area (Å²) in [6.45, 7) is 11.0. The van der Waals surface area contributed by atoms with E-state index in [-0.39, 0.29) is 26.0 Å². The molecule has 0 atom stereocenters. The van der Waals surface area contributed by atoms with Gasteiger partial charge in [-0.25, -0.2) is 0 Å². The fourth-order valence-electron chi connectivity index (χ4n) is 8.37. The molecule has 3 aromatic heterocycles. The summed E-state index contributed by atoms with van der Waals surface area (Å²) >= 11 is 0. The molecule has 8 aromatic rings. The fraction of sp³-hybridized carbons (Fsp3) is 0.273. The molecule has 0 amide bonds. The second-order valence-electron chi connectivity index (χ2n) is 16.7. The Balaban J connectivity index is 0.000000186. The maximum absolute atomic E-state index is 9.14. The zero-order valence-electron chi connectivity index (χ0n) is 38.4. The van der Waals surface area contributed by atoms with Gasteiger partial charge in [0.15, 0.2) is 0 Å². The van der Waals surface area contributed by atoms with Crippen molar-refractivity contribution in [3.8, 4) is 44.8 Å². The third kappa shape index (κ3) is 9.81. The van der Waals surface area contributed by atoms with Gasteiger partial charge in [0.25, 0.3) is 0 Å². The van der Waals surface area contributed by atoms with Gasteiger partial charge in [-0.05, 0) is 70.9 Å². The Kier molecular flexibility index (Phi) is 12.8. The van der Waals surface area contributed by atoms with Crippen LogP contribution in [0.1, 0.15) is 79.9 Å². The SMILES string of the molecule is [2H]C(CC)(CC)c1ccnc(-c2[c-]ccc3c2oc2cc(-c4ccccc4)ccc23)c1.[2H]C([2H])(c1cc(-c2[c-]cc(-c3ccccc3)cc2)ncc1[Si](C)(C)C)C1CCCCC1.[Ir]. The maximum atomic E-state index is 9.14. The molecular weight excluding hydrogens is 925 g/mol. The molecule has 0 N–H and O–H groups in total. The first-order chi connectivity index (χ1) is 29.9. The predicted molar refractivity (Wildman–Crippen MR) is 252 cm³/mol. The zero-order chi connectivity index (χ0) is 43.5. The van der Waals surface area contributed by atoms with E-state index in [2.05, 4.69) is 105 Å². The third-order valence-corrected chi connectivity index (χ3v) is 13.7. The van der Waals surface area contributed by atoms with Crippen molar-refractivity contribution in [1.82, 2.24) is 9.97 Å². The maximum Gasteiger partial charge on any atom is 0.121 e. The van der Waals surface area contributed by atoms with Gasteiger partial charge in [-0.15, -0.1) is 48.0 Å². The Bertz CT molecular complexity index is 2770. The van der Waals surface area contributed by atoms with Crippen LogP contribution < -0.4 is 5.19 Å². The van der Waals surface area contributed by atoms with Crippen molar-refractivity contribution in [2.75, 3.05) is 0 Å². The Morgan fingerprint density at radius 1 is 0.733 bits per heavy atom. The van der Waals surface area contributed by atoms with Crippen LogP contribution in [0.2, 0.25) is 19.6 Å². The number of fused-ring (bicyclic) bond motifs is 3. The van der Waals surface area contributed by atoms with E-state index in [4.69, 9.17) is 13.5 Å². The molecule has 1 fully saturated rings. The molecule has 5 aromatic carbocycles. The van der Waals surface area contributed by atoms with Crippen LogP contribution in [-0.4, -0.2) is 18.0 Å². The summed E-state index contributed by atoms with van der Waals surface area (Å²) in [7, 11) is -1.74. The van der Waals surface area contributed by atoms with Gasteiger partial charge < -0.3 is 14.4 Å². The molecular formula is C55H56IrN2OSi-2. The first-order valence-corrected chi connectivity index (χ1v) is 24.9. The van der Waals surface area contributed by atoms with Crippen LogP contribution >= 0.6 is 0 Å². The van der Waals surface area contributed by atoms with Gasteiger partial charge in [-0.1, -0.05) is 184 Å². The number of nitrogens with zero attached hydrogens (tertiary/aromatic N) is 2. The van der Waals surface area contributed by atoms with Gasteiger partial charge in [0.2, 0.25) is 0 Å². The van der Waals surface area contributed by atoms with E-state index in [1.165, 1.54) is 12.0 Å². The first-order valence-electron chi connectivity index (χ1n) is 22.9. The van der Waals surface area contributed by atoms with Crippen LogP contribution in [-0.2, 0) is 26.5 Å². The average Bonchev–Trinajstić information content (AvgIpc) is 3.70. The average molecular weight is 984 g/mol. The molecule has 1 aliphatic rings. The molecule has 5 heteroatoms. The summed E-state index contributed by atoms with van der Waals surface area (Å²) in [5.41, 5.74) is 11.4. The van der Waals surface area contributed by atoms with Crippen molar-refractivity contribution in [2.24, 2.45) is 5.92 Å². The Hall–Kier alpha value is -4.93. The van der Waals surface area contributed by atoms with Gasteiger partial charge >= 0.3 is 0 Å². The van der Waals surface area contributed by atoms with Gasteiger partial charge in [0.05, 0.1) is 13.7 Å². The van der Waals surface area contributed by atoms with E-state index in [1.807, 2.05) is 79.0 Å². The largest absolute Gasteiger partial charge is 0.501 e. The minimum Gasteiger partial charge on any atom is -0.501 e. The minimum atomic E-state index is -1.74. The van der Waals surface area contributed by atoms with Gasteiger partial charge in [-0.3, -0.25) is 0 Å². The summed E-state index contributed by atoms with van der Waals surface area (Å²) in [6.07, 6.45) is 9.41. The number of aromatic nitrogens is 2. The van der Waals surface area contributed by atoms with Crippen LogP contribution in [0, 0.1) is 18.1 Å². The molecule has 0 unspecified atom stereocenters. The summed E-state index contributed by atoms with van der Waals surface area (Å²) in [6, 6.07) is 49.8. The van der Waals surface area contributed by atoms with Crippen molar-refractivity contribution >= 4 is 35.2 Å². The molecule has 1 saturated carbocycles. The summed E-state index contributed by atoms with van der Waals surface area (Å²) in [5.74, 6) is -0.514. The molecule has 0 spiro atoms. The summed E-state index contributed by atoms with van der Waals surface area (Å²) in [5, 5.41) is 3.28. The Morgan fingerprint density at radius 2 is 1.43 bits per heavy atom. The van der Waals surface area contributed by atoms with E-state index >= 15 is 0 Å². The fourth-order valence-corrected chi connectivity index (χ4v) is 9.77. The number of pyridine rings is 2. The molecule has 0 aliphatic heterocycles. The Labute approximate surface area is 376 Å². The van der Waals surface area contributed by atoms with E-state index in [9.17, 15) is 0 Å². The van der Waals surface area contributed by atoms with Crippen molar-refractivity contribution in [2.45, 2.75) is 90.7 Å². The third-order valence-electron chi connectivity index (χ3n) is 11.7. The van der Waals surface area contributed by atoms with Crippen molar-refractivity contribution in [3.63, 3.8) is 0 Å². The number of benzene rings is 5. The quantitative estimate of drug-likeness (QED) is 0.101. The van der Waals surface area contributed by atoms with Crippen LogP contribution in [0.15, 0.2) is 144 Å². The standard InChI is InChI=1S/C28H24NO.C27H32NSi.Ir/c1-3-19(4-2)22-15-16-29-26(17-22)25-12-8-11-24-23-14-13-21(18-27(23)30-28(24)25)20-9-6-5-7-10-20;1-29(2,3)27-20-28-26(19-25(27)18-21-10-6-4-7-11-21)24-16-14-23(15-17-24)22-12-8-5-9-13-22;/h5-11,13-19H,3-4H2,1-2H3;5,8-9,12-16,19-21H,4,6-7,10-11,18H2,1-3H3;/q2*-1;/i19D;18D2;. The topological polar surface area (TPSA) is 38.9 Å². The van der Waals surface area contributed by atoms with Crippen molar-refractivity contribution < 1.29 is 28.6 Å². The second kappa shape index (κ2) is 19.6. The van der Waals surface area contributed by atoms with Crippen molar-refractivity contribution in [1.29, 1.82) is 0 Å². The van der Waals surface area contributed by atoms with E-state index < -0.39 is 20.3 Å². The normalized spacial score (nSPS) is 14.4. The van der Waals surface area contributed by atoms with Gasteiger partial charge in [0.1, 0.15) is 5.58 Å². The van der Waals surface area contributed by atoms with Gasteiger partial charge in [-0.2, -0.15) is 0 Å². The predicted octanol–water partition coefficient (Wildman–Crippen LogP) is 14.9. The second-order valence-corrected chi connectivity index (χ2v) is 21.8. The molecule has 3 nitrogen and oxygen atoms in total.